The zero-order chi connectivity index (χ0) is 23.4. The summed E-state index contributed by atoms with van der Waals surface area (Å²) in [6.45, 7) is 4.60. The fraction of sp³-hybridized carbons (Fsp3) is 0.440. The third kappa shape index (κ3) is 5.57. The highest BCUT2D eigenvalue weighted by molar-refractivity contribution is 5.91. The van der Waals surface area contributed by atoms with Gasteiger partial charge in [-0.3, -0.25) is 14.6 Å². The minimum atomic E-state index is -0.303. The van der Waals surface area contributed by atoms with E-state index in [4.69, 9.17) is 14.2 Å². The van der Waals surface area contributed by atoms with Crippen molar-refractivity contribution in [1.29, 1.82) is 0 Å². The summed E-state index contributed by atoms with van der Waals surface area (Å²) in [5.74, 6) is 1.57. The number of hydrogen-bond donors (Lipinski definition) is 0. The Balaban J connectivity index is 1.23. The zero-order valence-corrected chi connectivity index (χ0v) is 19.4. The minimum absolute atomic E-state index is 0.00361. The van der Waals surface area contributed by atoms with E-state index in [0.717, 1.165) is 55.3 Å². The van der Waals surface area contributed by atoms with E-state index in [-0.39, 0.29) is 24.2 Å². The third-order valence-electron chi connectivity index (χ3n) is 6.25. The molecule has 4 rings (SSSR count). The largest absolute Gasteiger partial charge is 0.497 e. The lowest BCUT2D eigenvalue weighted by Gasteiger charge is -2.33. The van der Waals surface area contributed by atoms with Crippen molar-refractivity contribution < 1.29 is 23.8 Å². The number of nitrogens with zero attached hydrogens (tertiary/aromatic N) is 3. The number of benzene rings is 2. The second-order valence-electron chi connectivity index (χ2n) is 8.50. The number of cyclic esters (lactones) is 1. The van der Waals surface area contributed by atoms with E-state index >= 15 is 0 Å². The van der Waals surface area contributed by atoms with Gasteiger partial charge in [-0.15, -0.1) is 0 Å². The van der Waals surface area contributed by atoms with Gasteiger partial charge >= 0.3 is 6.09 Å². The van der Waals surface area contributed by atoms with Crippen molar-refractivity contribution in [3.05, 3.63) is 48.5 Å². The highest BCUT2D eigenvalue weighted by Crippen LogP contribution is 2.26. The van der Waals surface area contributed by atoms with Crippen molar-refractivity contribution >= 4 is 23.4 Å². The predicted octanol–water partition coefficient (Wildman–Crippen LogP) is 3.55. The van der Waals surface area contributed by atoms with Crippen molar-refractivity contribution in [2.75, 3.05) is 50.1 Å². The Morgan fingerprint density at radius 1 is 1.06 bits per heavy atom. The molecule has 33 heavy (non-hydrogen) atoms. The molecule has 176 valence electrons. The molecule has 2 aromatic carbocycles. The molecule has 0 saturated carbocycles. The molecule has 0 aromatic heterocycles. The number of ether oxygens (including phenoxy) is 3. The molecular weight excluding hydrogens is 422 g/mol. The van der Waals surface area contributed by atoms with Gasteiger partial charge in [0, 0.05) is 45.0 Å². The summed E-state index contributed by atoms with van der Waals surface area (Å²) in [5, 5.41) is 0. The molecule has 2 heterocycles. The molecule has 0 bridgehead atoms. The monoisotopic (exact) mass is 453 g/mol. The number of anilines is 2. The Morgan fingerprint density at radius 2 is 1.70 bits per heavy atom. The molecule has 2 amide bonds. The Labute approximate surface area is 194 Å². The number of carbonyl (C=O) groups is 2. The van der Waals surface area contributed by atoms with Gasteiger partial charge in [-0.2, -0.15) is 0 Å². The number of amides is 2. The first-order chi connectivity index (χ1) is 15.9. The molecule has 1 unspecified atom stereocenters. The van der Waals surface area contributed by atoms with E-state index in [9.17, 15) is 9.59 Å². The van der Waals surface area contributed by atoms with Crippen molar-refractivity contribution in [3.8, 4) is 11.5 Å². The van der Waals surface area contributed by atoms with Crippen molar-refractivity contribution in [2.45, 2.75) is 32.0 Å². The average molecular weight is 454 g/mol. The van der Waals surface area contributed by atoms with Crippen LogP contribution in [0.5, 0.6) is 11.5 Å². The molecule has 0 aliphatic carbocycles. The molecule has 8 heteroatoms. The fourth-order valence-corrected chi connectivity index (χ4v) is 4.21. The topological polar surface area (TPSA) is 71.6 Å². The lowest BCUT2D eigenvalue weighted by molar-refractivity contribution is -0.116. The average Bonchev–Trinajstić information content (AvgIpc) is 3.20. The van der Waals surface area contributed by atoms with E-state index in [1.807, 2.05) is 48.5 Å². The molecular formula is C25H31N3O5. The highest BCUT2D eigenvalue weighted by atomic mass is 16.6. The van der Waals surface area contributed by atoms with Crippen LogP contribution in [0.1, 0.15) is 19.8 Å². The van der Waals surface area contributed by atoms with Crippen LogP contribution in [0.15, 0.2) is 48.5 Å². The second kappa shape index (κ2) is 10.1. The van der Waals surface area contributed by atoms with Crippen LogP contribution in [0.4, 0.5) is 16.2 Å². The summed E-state index contributed by atoms with van der Waals surface area (Å²) >= 11 is 0. The van der Waals surface area contributed by atoms with Crippen LogP contribution in [0, 0.1) is 0 Å². The standard InChI is InChI=1S/C25H31N3O5/c1-18(29)26(2)19-4-10-22(11-5-19)32-23-12-14-27(15-13-23)16-24-17-28(25(30)33-24)20-6-8-21(31-3)9-7-20/h4-11,23-24H,12-17H2,1-3H3. The Kier molecular flexibility index (Phi) is 7.03. The minimum Gasteiger partial charge on any atom is -0.497 e. The highest BCUT2D eigenvalue weighted by Gasteiger charge is 2.34. The van der Waals surface area contributed by atoms with Crippen LogP contribution in [-0.2, 0) is 9.53 Å². The van der Waals surface area contributed by atoms with E-state index in [0.29, 0.717) is 6.54 Å². The van der Waals surface area contributed by atoms with Gasteiger partial charge in [-0.25, -0.2) is 4.79 Å². The third-order valence-corrected chi connectivity index (χ3v) is 6.25. The van der Waals surface area contributed by atoms with Gasteiger partial charge in [-0.05, 0) is 61.4 Å². The number of methoxy groups -OCH3 is 1. The van der Waals surface area contributed by atoms with E-state index in [1.54, 1.807) is 30.9 Å². The first-order valence-corrected chi connectivity index (χ1v) is 11.3. The first kappa shape index (κ1) is 22.9. The summed E-state index contributed by atoms with van der Waals surface area (Å²) in [7, 11) is 3.38. The molecule has 1 atom stereocenters. The molecule has 2 aliphatic rings. The van der Waals surface area contributed by atoms with Gasteiger partial charge in [0.1, 0.15) is 23.7 Å². The van der Waals surface area contributed by atoms with Crippen LogP contribution in [0.2, 0.25) is 0 Å². The number of carbonyl (C=O) groups excluding carboxylic acids is 2. The summed E-state index contributed by atoms with van der Waals surface area (Å²) in [5.41, 5.74) is 1.66. The van der Waals surface area contributed by atoms with E-state index in [1.165, 1.54) is 0 Å². The summed E-state index contributed by atoms with van der Waals surface area (Å²) in [4.78, 5) is 29.5. The number of likely N-dealkylation sites (tertiary alicyclic amines) is 1. The van der Waals surface area contributed by atoms with Gasteiger partial charge in [-0.1, -0.05) is 0 Å². The SMILES string of the molecule is COc1ccc(N2CC(CN3CCC(Oc4ccc(N(C)C(C)=O)cc4)CC3)OC2=O)cc1. The number of rotatable bonds is 7. The number of hydrogen-bond acceptors (Lipinski definition) is 6. The molecule has 2 aromatic rings. The Morgan fingerprint density at radius 3 is 2.30 bits per heavy atom. The van der Waals surface area contributed by atoms with Gasteiger partial charge < -0.3 is 19.1 Å². The lowest BCUT2D eigenvalue weighted by atomic mass is 10.1. The van der Waals surface area contributed by atoms with Crippen LogP contribution in [0.25, 0.3) is 0 Å². The quantitative estimate of drug-likeness (QED) is 0.639. The first-order valence-electron chi connectivity index (χ1n) is 11.3. The second-order valence-corrected chi connectivity index (χ2v) is 8.50. The maximum atomic E-state index is 12.4. The maximum absolute atomic E-state index is 12.4. The van der Waals surface area contributed by atoms with Crippen LogP contribution in [0.3, 0.4) is 0 Å². The maximum Gasteiger partial charge on any atom is 0.414 e. The molecule has 2 fully saturated rings. The summed E-state index contributed by atoms with van der Waals surface area (Å²) in [6.07, 6.45) is 1.53. The summed E-state index contributed by atoms with van der Waals surface area (Å²) in [6, 6.07) is 15.0. The molecule has 2 aliphatic heterocycles. The van der Waals surface area contributed by atoms with Gasteiger partial charge in [0.25, 0.3) is 0 Å². The van der Waals surface area contributed by atoms with Crippen LogP contribution >= 0.6 is 0 Å². The van der Waals surface area contributed by atoms with Crippen LogP contribution < -0.4 is 19.3 Å². The lowest BCUT2D eigenvalue weighted by Crippen LogP contribution is -2.42. The molecule has 0 radical (unpaired) electrons. The van der Waals surface area contributed by atoms with E-state index < -0.39 is 0 Å². The fourth-order valence-electron chi connectivity index (χ4n) is 4.21. The smallest absolute Gasteiger partial charge is 0.414 e. The van der Waals surface area contributed by atoms with Gasteiger partial charge in [0.2, 0.25) is 5.91 Å². The molecule has 0 N–H and O–H groups in total. The van der Waals surface area contributed by atoms with E-state index in [2.05, 4.69) is 4.90 Å². The van der Waals surface area contributed by atoms with Gasteiger partial charge in [0.05, 0.1) is 13.7 Å². The Hall–Kier alpha value is -3.26. The normalized spacial score (nSPS) is 19.3. The van der Waals surface area contributed by atoms with Crippen molar-refractivity contribution in [2.24, 2.45) is 0 Å². The predicted molar refractivity (Wildman–Crippen MR) is 126 cm³/mol. The Bertz CT molecular complexity index is 955. The molecule has 8 nitrogen and oxygen atoms in total. The molecule has 2 saturated heterocycles. The van der Waals surface area contributed by atoms with Crippen molar-refractivity contribution in [3.63, 3.8) is 0 Å². The van der Waals surface area contributed by atoms with Crippen molar-refractivity contribution in [1.82, 2.24) is 4.90 Å². The summed E-state index contributed by atoms with van der Waals surface area (Å²) < 4.78 is 16.9. The van der Waals surface area contributed by atoms with Gasteiger partial charge in [0.15, 0.2) is 0 Å². The van der Waals surface area contributed by atoms with Crippen LogP contribution in [-0.4, -0.2) is 69.4 Å². The zero-order valence-electron chi connectivity index (χ0n) is 19.4. The number of piperidine rings is 1. The molecule has 0 spiro atoms.